The summed E-state index contributed by atoms with van der Waals surface area (Å²) in [6.07, 6.45) is 0.661. The van der Waals surface area contributed by atoms with Crippen molar-refractivity contribution in [1.29, 1.82) is 0 Å². The van der Waals surface area contributed by atoms with Crippen LogP contribution in [0.15, 0.2) is 30.3 Å². The number of thiophene rings is 1. The molecule has 1 aromatic carbocycles. The normalized spacial score (nSPS) is 14.5. The maximum absolute atomic E-state index is 10.6. The predicted octanol–water partition coefficient (Wildman–Crippen LogP) is 4.12. The summed E-state index contributed by atoms with van der Waals surface area (Å²) in [7, 11) is 0. The Kier molecular flexibility index (Phi) is 3.60. The SMILES string of the molecule is Cc1ccc(C(C)(O)Cc2ccc(C)c(C)c2)s1. The van der Waals surface area contributed by atoms with Crippen molar-refractivity contribution < 1.29 is 5.11 Å². The van der Waals surface area contributed by atoms with E-state index in [0.717, 1.165) is 4.88 Å². The fourth-order valence-electron chi connectivity index (χ4n) is 2.12. The van der Waals surface area contributed by atoms with Crippen molar-refractivity contribution in [3.63, 3.8) is 0 Å². The van der Waals surface area contributed by atoms with Crippen molar-refractivity contribution in [1.82, 2.24) is 0 Å². The van der Waals surface area contributed by atoms with Crippen LogP contribution in [0.25, 0.3) is 0 Å². The number of aryl methyl sites for hydroxylation is 3. The average molecular weight is 260 g/mol. The molecule has 2 rings (SSSR count). The fourth-order valence-corrected chi connectivity index (χ4v) is 3.03. The van der Waals surface area contributed by atoms with Crippen LogP contribution in [0.1, 0.15) is 33.4 Å². The summed E-state index contributed by atoms with van der Waals surface area (Å²) in [6.45, 7) is 8.19. The lowest BCUT2D eigenvalue weighted by molar-refractivity contribution is 0.0615. The molecule has 1 aromatic heterocycles. The monoisotopic (exact) mass is 260 g/mol. The lowest BCUT2D eigenvalue weighted by Gasteiger charge is -2.22. The van der Waals surface area contributed by atoms with E-state index in [1.54, 1.807) is 11.3 Å². The largest absolute Gasteiger partial charge is 0.384 e. The van der Waals surface area contributed by atoms with Gasteiger partial charge in [-0.3, -0.25) is 0 Å². The molecule has 0 saturated carbocycles. The van der Waals surface area contributed by atoms with Gasteiger partial charge in [0.15, 0.2) is 0 Å². The topological polar surface area (TPSA) is 20.2 Å². The predicted molar refractivity (Wildman–Crippen MR) is 78.2 cm³/mol. The Hall–Kier alpha value is -1.12. The highest BCUT2D eigenvalue weighted by Gasteiger charge is 2.25. The van der Waals surface area contributed by atoms with E-state index >= 15 is 0 Å². The summed E-state index contributed by atoms with van der Waals surface area (Å²) in [5.74, 6) is 0. The van der Waals surface area contributed by atoms with Gasteiger partial charge in [-0.1, -0.05) is 18.2 Å². The zero-order valence-electron chi connectivity index (χ0n) is 11.4. The van der Waals surface area contributed by atoms with Crippen molar-refractivity contribution in [2.75, 3.05) is 0 Å². The van der Waals surface area contributed by atoms with Gasteiger partial charge in [0, 0.05) is 16.2 Å². The third kappa shape index (κ3) is 2.82. The van der Waals surface area contributed by atoms with E-state index in [2.05, 4.69) is 45.0 Å². The molecule has 1 heterocycles. The van der Waals surface area contributed by atoms with Gasteiger partial charge in [0.05, 0.1) is 5.60 Å². The lowest BCUT2D eigenvalue weighted by Crippen LogP contribution is -2.22. The minimum absolute atomic E-state index is 0.661. The molecule has 96 valence electrons. The van der Waals surface area contributed by atoms with Gasteiger partial charge in [0.1, 0.15) is 0 Å². The van der Waals surface area contributed by atoms with E-state index in [4.69, 9.17) is 0 Å². The number of rotatable bonds is 3. The van der Waals surface area contributed by atoms with Crippen LogP contribution in [0.5, 0.6) is 0 Å². The molecule has 0 spiro atoms. The Labute approximate surface area is 113 Å². The molecule has 0 bridgehead atoms. The molecule has 0 aliphatic heterocycles. The second kappa shape index (κ2) is 4.87. The average Bonchev–Trinajstić information content (AvgIpc) is 2.71. The Morgan fingerprint density at radius 2 is 1.78 bits per heavy atom. The molecule has 1 atom stereocenters. The maximum Gasteiger partial charge on any atom is 0.1000 e. The van der Waals surface area contributed by atoms with Gasteiger partial charge in [-0.05, 0) is 56.5 Å². The number of hydrogen-bond acceptors (Lipinski definition) is 2. The summed E-state index contributed by atoms with van der Waals surface area (Å²) in [4.78, 5) is 2.28. The van der Waals surface area contributed by atoms with Crippen molar-refractivity contribution in [2.24, 2.45) is 0 Å². The van der Waals surface area contributed by atoms with Gasteiger partial charge >= 0.3 is 0 Å². The van der Waals surface area contributed by atoms with E-state index < -0.39 is 5.60 Å². The molecule has 1 unspecified atom stereocenters. The van der Waals surface area contributed by atoms with Gasteiger partial charge < -0.3 is 5.11 Å². The Bertz CT molecular complexity index is 552. The molecule has 0 aliphatic carbocycles. The van der Waals surface area contributed by atoms with E-state index in [1.165, 1.54) is 21.6 Å². The molecule has 1 N–H and O–H groups in total. The highest BCUT2D eigenvalue weighted by atomic mass is 32.1. The number of benzene rings is 1. The third-order valence-electron chi connectivity index (χ3n) is 3.39. The zero-order valence-corrected chi connectivity index (χ0v) is 12.3. The first-order valence-electron chi connectivity index (χ1n) is 6.24. The van der Waals surface area contributed by atoms with Gasteiger partial charge in [0.2, 0.25) is 0 Å². The van der Waals surface area contributed by atoms with Crippen LogP contribution in [0, 0.1) is 20.8 Å². The van der Waals surface area contributed by atoms with Crippen LogP contribution >= 0.6 is 11.3 Å². The fraction of sp³-hybridized carbons (Fsp3) is 0.375. The van der Waals surface area contributed by atoms with E-state index in [1.807, 2.05) is 13.0 Å². The molecule has 2 heteroatoms. The molecule has 0 amide bonds. The molecule has 0 aliphatic rings. The number of aliphatic hydroxyl groups is 1. The minimum atomic E-state index is -0.777. The van der Waals surface area contributed by atoms with Gasteiger partial charge in [0.25, 0.3) is 0 Å². The van der Waals surface area contributed by atoms with Crippen LogP contribution in [0.2, 0.25) is 0 Å². The second-order valence-corrected chi connectivity index (χ2v) is 6.57. The zero-order chi connectivity index (χ0) is 13.3. The van der Waals surface area contributed by atoms with E-state index in [-0.39, 0.29) is 0 Å². The van der Waals surface area contributed by atoms with Crippen molar-refractivity contribution in [2.45, 2.75) is 39.7 Å². The first-order valence-corrected chi connectivity index (χ1v) is 7.05. The van der Waals surface area contributed by atoms with Crippen LogP contribution in [-0.4, -0.2) is 5.11 Å². The summed E-state index contributed by atoms with van der Waals surface area (Å²) in [5.41, 5.74) is 2.99. The first-order chi connectivity index (χ1) is 8.38. The quantitative estimate of drug-likeness (QED) is 0.880. The third-order valence-corrected chi connectivity index (χ3v) is 4.64. The number of hydrogen-bond donors (Lipinski definition) is 1. The smallest absolute Gasteiger partial charge is 0.1000 e. The molecule has 2 aromatic rings. The van der Waals surface area contributed by atoms with Crippen LogP contribution in [0.3, 0.4) is 0 Å². The molecule has 0 saturated heterocycles. The van der Waals surface area contributed by atoms with Crippen LogP contribution in [-0.2, 0) is 12.0 Å². The lowest BCUT2D eigenvalue weighted by atomic mass is 9.93. The van der Waals surface area contributed by atoms with Gasteiger partial charge in [-0.15, -0.1) is 11.3 Å². The molecule has 1 nitrogen and oxygen atoms in total. The summed E-state index contributed by atoms with van der Waals surface area (Å²) < 4.78 is 0. The van der Waals surface area contributed by atoms with Crippen LogP contribution in [0.4, 0.5) is 0 Å². The van der Waals surface area contributed by atoms with Crippen molar-refractivity contribution >= 4 is 11.3 Å². The van der Waals surface area contributed by atoms with Crippen molar-refractivity contribution in [3.05, 3.63) is 56.8 Å². The highest BCUT2D eigenvalue weighted by molar-refractivity contribution is 7.12. The summed E-state index contributed by atoms with van der Waals surface area (Å²) in [6, 6.07) is 10.5. The molecule has 0 fully saturated rings. The van der Waals surface area contributed by atoms with Crippen molar-refractivity contribution in [3.8, 4) is 0 Å². The van der Waals surface area contributed by atoms with E-state index in [9.17, 15) is 5.11 Å². The van der Waals surface area contributed by atoms with E-state index in [0.29, 0.717) is 6.42 Å². The highest BCUT2D eigenvalue weighted by Crippen LogP contribution is 2.31. The maximum atomic E-state index is 10.6. The van der Waals surface area contributed by atoms with Crippen LogP contribution < -0.4 is 0 Å². The standard InChI is InChI=1S/C16H20OS/c1-11-5-7-14(9-12(11)2)10-16(4,17)15-8-6-13(3)18-15/h5-9,17H,10H2,1-4H3. The Morgan fingerprint density at radius 1 is 1.06 bits per heavy atom. The molecular formula is C16H20OS. The Morgan fingerprint density at radius 3 is 2.33 bits per heavy atom. The molecule has 0 radical (unpaired) electrons. The molecule has 18 heavy (non-hydrogen) atoms. The Balaban J connectivity index is 2.24. The summed E-state index contributed by atoms with van der Waals surface area (Å²) >= 11 is 1.67. The second-order valence-electron chi connectivity index (χ2n) is 5.28. The minimum Gasteiger partial charge on any atom is -0.384 e. The molecular weight excluding hydrogens is 240 g/mol. The van der Waals surface area contributed by atoms with Gasteiger partial charge in [-0.2, -0.15) is 0 Å². The summed E-state index contributed by atoms with van der Waals surface area (Å²) in [5, 5.41) is 10.6. The van der Waals surface area contributed by atoms with Gasteiger partial charge in [-0.25, -0.2) is 0 Å². The first kappa shape index (κ1) is 13.3.